The number of rotatable bonds is 0. The van der Waals surface area contributed by atoms with E-state index >= 15 is 0 Å². The highest BCUT2D eigenvalue weighted by molar-refractivity contribution is 5.85. The lowest BCUT2D eigenvalue weighted by molar-refractivity contribution is 0.381. The van der Waals surface area contributed by atoms with Crippen molar-refractivity contribution in [1.82, 2.24) is 0 Å². The third kappa shape index (κ3) is 0.576. The summed E-state index contributed by atoms with van der Waals surface area (Å²) in [7, 11) is 0. The molecule has 1 fully saturated rings. The third-order valence-electron chi connectivity index (χ3n) is 2.23. The molecule has 2 heterocycles. The molecule has 11 heavy (non-hydrogen) atoms. The number of hydrogen-bond acceptors (Lipinski definition) is 2. The second-order valence-electron chi connectivity index (χ2n) is 2.95. The highest BCUT2D eigenvalue weighted by atomic mass is 16.6. The molecule has 2 aliphatic rings. The van der Waals surface area contributed by atoms with Crippen LogP contribution in [-0.2, 0) is 10.3 Å². The number of fused-ring (bicyclic) bond motifs is 2. The first-order valence-electron chi connectivity index (χ1n) is 3.69. The Morgan fingerprint density at radius 1 is 1.36 bits per heavy atom. The fraction of sp³-hybridized carbons (Fsp3) is 0.222. The summed E-state index contributed by atoms with van der Waals surface area (Å²) in [5, 5.41) is 0. The lowest BCUT2D eigenvalue weighted by Crippen LogP contribution is -2.04. The van der Waals surface area contributed by atoms with Crippen molar-refractivity contribution in [3.8, 4) is 0 Å². The standard InChI is InChI=1S/C9H7NO/c1-2-4-8-7(3-1)9(5-10-8)6-11-9/h1-5H,6H2. The van der Waals surface area contributed by atoms with E-state index in [0.717, 1.165) is 12.3 Å². The molecule has 3 rings (SSSR count). The SMILES string of the molecule is C1=Nc2ccccc2C12CO2. The first-order valence-corrected chi connectivity index (χ1v) is 3.69. The molecule has 1 aromatic rings. The summed E-state index contributed by atoms with van der Waals surface area (Å²) in [5.74, 6) is 0. The van der Waals surface area contributed by atoms with Gasteiger partial charge in [0.15, 0.2) is 5.60 Å². The van der Waals surface area contributed by atoms with Crippen LogP contribution in [0, 0.1) is 0 Å². The van der Waals surface area contributed by atoms with Gasteiger partial charge < -0.3 is 4.74 Å². The van der Waals surface area contributed by atoms with Crippen molar-refractivity contribution in [3.05, 3.63) is 29.8 Å². The molecule has 2 heteroatoms. The number of aliphatic imine (C=N–C) groups is 1. The quantitative estimate of drug-likeness (QED) is 0.509. The van der Waals surface area contributed by atoms with Gasteiger partial charge in [-0.25, -0.2) is 0 Å². The number of ether oxygens (including phenoxy) is 1. The maximum atomic E-state index is 5.33. The summed E-state index contributed by atoms with van der Waals surface area (Å²) in [4.78, 5) is 4.26. The van der Waals surface area contributed by atoms with Gasteiger partial charge >= 0.3 is 0 Å². The van der Waals surface area contributed by atoms with Crippen molar-refractivity contribution in [1.29, 1.82) is 0 Å². The van der Waals surface area contributed by atoms with Crippen LogP contribution in [0.15, 0.2) is 29.3 Å². The van der Waals surface area contributed by atoms with E-state index in [-0.39, 0.29) is 5.60 Å². The number of benzene rings is 1. The molecule has 0 saturated carbocycles. The Labute approximate surface area is 64.5 Å². The molecule has 1 aromatic carbocycles. The fourth-order valence-corrected chi connectivity index (χ4v) is 1.50. The molecule has 1 spiro atoms. The van der Waals surface area contributed by atoms with Crippen molar-refractivity contribution in [2.24, 2.45) is 4.99 Å². The van der Waals surface area contributed by atoms with Crippen LogP contribution in [0.25, 0.3) is 0 Å². The summed E-state index contributed by atoms with van der Waals surface area (Å²) in [6.07, 6.45) is 1.90. The lowest BCUT2D eigenvalue weighted by Gasteiger charge is -1.99. The second-order valence-corrected chi connectivity index (χ2v) is 2.95. The predicted octanol–water partition coefficient (Wildman–Crippen LogP) is 1.63. The van der Waals surface area contributed by atoms with Crippen molar-refractivity contribution in [2.45, 2.75) is 5.60 Å². The molecule has 0 bridgehead atoms. The maximum Gasteiger partial charge on any atom is 0.154 e. The minimum atomic E-state index is -0.114. The zero-order valence-corrected chi connectivity index (χ0v) is 5.95. The molecule has 0 amide bonds. The summed E-state index contributed by atoms with van der Waals surface area (Å²) < 4.78 is 5.33. The molecular weight excluding hydrogens is 138 g/mol. The zero-order chi connectivity index (χ0) is 7.31. The van der Waals surface area contributed by atoms with Crippen molar-refractivity contribution < 1.29 is 4.74 Å². The van der Waals surface area contributed by atoms with Gasteiger partial charge in [-0.1, -0.05) is 18.2 Å². The molecule has 1 saturated heterocycles. The maximum absolute atomic E-state index is 5.33. The molecule has 0 N–H and O–H groups in total. The Kier molecular flexibility index (Phi) is 0.767. The molecule has 0 aromatic heterocycles. The highest BCUT2D eigenvalue weighted by Crippen LogP contribution is 2.45. The van der Waals surface area contributed by atoms with Crippen LogP contribution in [0.3, 0.4) is 0 Å². The Morgan fingerprint density at radius 3 is 3.00 bits per heavy atom. The van der Waals surface area contributed by atoms with Crippen LogP contribution in [0.1, 0.15) is 5.56 Å². The molecule has 2 aliphatic heterocycles. The monoisotopic (exact) mass is 145 g/mol. The van der Waals surface area contributed by atoms with Gasteiger partial charge in [-0.05, 0) is 6.07 Å². The molecule has 2 nitrogen and oxygen atoms in total. The van der Waals surface area contributed by atoms with Crippen LogP contribution in [0.2, 0.25) is 0 Å². The minimum Gasteiger partial charge on any atom is -0.358 e. The highest BCUT2D eigenvalue weighted by Gasteiger charge is 2.49. The fourth-order valence-electron chi connectivity index (χ4n) is 1.50. The summed E-state index contributed by atoms with van der Waals surface area (Å²) >= 11 is 0. The van der Waals surface area contributed by atoms with E-state index in [9.17, 15) is 0 Å². The van der Waals surface area contributed by atoms with E-state index in [1.165, 1.54) is 5.56 Å². The van der Waals surface area contributed by atoms with Crippen LogP contribution in [0.4, 0.5) is 5.69 Å². The molecule has 1 unspecified atom stereocenters. The van der Waals surface area contributed by atoms with Crippen molar-refractivity contribution in [3.63, 3.8) is 0 Å². The van der Waals surface area contributed by atoms with Crippen LogP contribution in [0.5, 0.6) is 0 Å². The van der Waals surface area contributed by atoms with E-state index < -0.39 is 0 Å². The Morgan fingerprint density at radius 2 is 2.18 bits per heavy atom. The van der Waals surface area contributed by atoms with E-state index in [1.54, 1.807) is 0 Å². The zero-order valence-electron chi connectivity index (χ0n) is 5.95. The average molecular weight is 145 g/mol. The van der Waals surface area contributed by atoms with Gasteiger partial charge in [0.1, 0.15) is 0 Å². The Bertz CT molecular complexity index is 339. The van der Waals surface area contributed by atoms with E-state index in [1.807, 2.05) is 24.4 Å². The predicted molar refractivity (Wildman–Crippen MR) is 42.2 cm³/mol. The first kappa shape index (κ1) is 5.49. The van der Waals surface area contributed by atoms with Crippen LogP contribution >= 0.6 is 0 Å². The summed E-state index contributed by atoms with van der Waals surface area (Å²) in [6.45, 7) is 0.799. The summed E-state index contributed by atoms with van der Waals surface area (Å²) in [5.41, 5.74) is 2.17. The van der Waals surface area contributed by atoms with Gasteiger partial charge in [0.2, 0.25) is 0 Å². The number of para-hydroxylation sites is 1. The van der Waals surface area contributed by atoms with Crippen molar-refractivity contribution >= 4 is 11.9 Å². The molecule has 54 valence electrons. The topological polar surface area (TPSA) is 24.9 Å². The second kappa shape index (κ2) is 1.53. The summed E-state index contributed by atoms with van der Waals surface area (Å²) in [6, 6.07) is 8.12. The van der Waals surface area contributed by atoms with E-state index in [4.69, 9.17) is 4.74 Å². The van der Waals surface area contributed by atoms with Gasteiger partial charge in [-0.15, -0.1) is 0 Å². The first-order chi connectivity index (χ1) is 5.41. The van der Waals surface area contributed by atoms with Crippen molar-refractivity contribution in [2.75, 3.05) is 6.61 Å². The van der Waals surface area contributed by atoms with Gasteiger partial charge in [0.25, 0.3) is 0 Å². The molecule has 0 radical (unpaired) electrons. The molecule has 1 atom stereocenters. The van der Waals surface area contributed by atoms with E-state index in [0.29, 0.717) is 0 Å². The van der Waals surface area contributed by atoms with Gasteiger partial charge in [-0.3, -0.25) is 4.99 Å². The largest absolute Gasteiger partial charge is 0.358 e. The Hall–Kier alpha value is -1.15. The smallest absolute Gasteiger partial charge is 0.154 e. The van der Waals surface area contributed by atoms with Gasteiger partial charge in [0.05, 0.1) is 12.3 Å². The number of nitrogens with zero attached hydrogens (tertiary/aromatic N) is 1. The van der Waals surface area contributed by atoms with Crippen LogP contribution < -0.4 is 0 Å². The number of epoxide rings is 1. The average Bonchev–Trinajstić information content (AvgIpc) is 2.72. The third-order valence-corrected chi connectivity index (χ3v) is 2.23. The van der Waals surface area contributed by atoms with Crippen LogP contribution in [-0.4, -0.2) is 12.8 Å². The number of hydrogen-bond donors (Lipinski definition) is 0. The van der Waals surface area contributed by atoms with Gasteiger partial charge in [0, 0.05) is 11.8 Å². The lowest BCUT2D eigenvalue weighted by atomic mass is 10.0. The molecular formula is C9H7NO. The molecule has 0 aliphatic carbocycles. The Balaban J connectivity index is 2.28. The normalized spacial score (nSPS) is 30.9. The van der Waals surface area contributed by atoms with Gasteiger partial charge in [-0.2, -0.15) is 0 Å². The van der Waals surface area contributed by atoms with E-state index in [2.05, 4.69) is 11.1 Å². The minimum absolute atomic E-state index is 0.114.